The second-order valence-electron chi connectivity index (χ2n) is 4.91. The quantitative estimate of drug-likeness (QED) is 0.832. The van der Waals surface area contributed by atoms with E-state index in [1.54, 1.807) is 33.1 Å². The Bertz CT molecular complexity index is 685. The third kappa shape index (κ3) is 3.56. The van der Waals surface area contributed by atoms with Crippen LogP contribution in [-0.4, -0.2) is 17.3 Å². The van der Waals surface area contributed by atoms with Crippen LogP contribution in [0.1, 0.15) is 28.4 Å². The van der Waals surface area contributed by atoms with Crippen molar-refractivity contribution in [3.8, 4) is 23.3 Å². The van der Waals surface area contributed by atoms with E-state index in [9.17, 15) is 10.2 Å². The number of ether oxygens (including phenoxy) is 1. The van der Waals surface area contributed by atoms with Crippen LogP contribution < -0.4 is 4.74 Å². The van der Waals surface area contributed by atoms with Gasteiger partial charge in [0.15, 0.2) is 0 Å². The SMILES string of the molecule is COc1cccc(C#CC(O)c2cc(C)c(O)c(C)c2)c1. The first-order valence-electron chi connectivity index (χ1n) is 6.65. The summed E-state index contributed by atoms with van der Waals surface area (Å²) in [5.74, 6) is 6.72. The molecule has 0 bridgehead atoms. The molecule has 21 heavy (non-hydrogen) atoms. The highest BCUT2D eigenvalue weighted by atomic mass is 16.5. The molecule has 0 aromatic heterocycles. The molecular formula is C18H18O3. The zero-order valence-electron chi connectivity index (χ0n) is 12.3. The van der Waals surface area contributed by atoms with Crippen molar-refractivity contribution < 1.29 is 14.9 Å². The van der Waals surface area contributed by atoms with E-state index in [1.807, 2.05) is 24.3 Å². The standard InChI is InChI=1S/C18H18O3/c1-12-9-15(10-13(2)18(12)20)17(19)8-7-14-5-4-6-16(11-14)21-3/h4-6,9-11,17,19-20H,1-3H3. The fourth-order valence-corrected chi connectivity index (χ4v) is 2.08. The van der Waals surface area contributed by atoms with E-state index in [0.717, 1.165) is 22.4 Å². The van der Waals surface area contributed by atoms with Crippen molar-refractivity contribution in [2.24, 2.45) is 0 Å². The Hall–Kier alpha value is -2.44. The number of hydrogen-bond acceptors (Lipinski definition) is 3. The van der Waals surface area contributed by atoms with Crippen LogP contribution in [0.5, 0.6) is 11.5 Å². The van der Waals surface area contributed by atoms with E-state index >= 15 is 0 Å². The molecule has 0 radical (unpaired) electrons. The van der Waals surface area contributed by atoms with Crippen LogP contribution in [0, 0.1) is 25.7 Å². The largest absolute Gasteiger partial charge is 0.507 e. The van der Waals surface area contributed by atoms with Gasteiger partial charge in [0, 0.05) is 5.56 Å². The van der Waals surface area contributed by atoms with Gasteiger partial charge in [0.1, 0.15) is 17.6 Å². The number of phenolic OH excluding ortho intramolecular Hbond substituents is 1. The first kappa shape index (κ1) is 15.0. The van der Waals surface area contributed by atoms with Gasteiger partial charge >= 0.3 is 0 Å². The van der Waals surface area contributed by atoms with E-state index in [0.29, 0.717) is 5.56 Å². The molecule has 108 valence electrons. The number of aromatic hydroxyl groups is 1. The number of aliphatic hydroxyl groups excluding tert-OH is 1. The lowest BCUT2D eigenvalue weighted by molar-refractivity contribution is 0.238. The monoisotopic (exact) mass is 282 g/mol. The van der Waals surface area contributed by atoms with Crippen molar-refractivity contribution in [2.75, 3.05) is 7.11 Å². The van der Waals surface area contributed by atoms with E-state index < -0.39 is 6.10 Å². The minimum absolute atomic E-state index is 0.256. The third-order valence-electron chi connectivity index (χ3n) is 3.25. The average molecular weight is 282 g/mol. The summed E-state index contributed by atoms with van der Waals surface area (Å²) in [7, 11) is 1.60. The Kier molecular flexibility index (Phi) is 4.52. The van der Waals surface area contributed by atoms with Gasteiger partial charge in [0.25, 0.3) is 0 Å². The summed E-state index contributed by atoms with van der Waals surface area (Å²) in [6.07, 6.45) is -0.894. The summed E-state index contributed by atoms with van der Waals surface area (Å²) in [4.78, 5) is 0. The topological polar surface area (TPSA) is 49.7 Å². The first-order chi connectivity index (χ1) is 10.0. The lowest BCUT2D eigenvalue weighted by Crippen LogP contribution is -1.96. The summed E-state index contributed by atoms with van der Waals surface area (Å²) < 4.78 is 5.13. The summed E-state index contributed by atoms with van der Waals surface area (Å²) in [6, 6.07) is 10.8. The highest BCUT2D eigenvalue weighted by Gasteiger charge is 2.08. The minimum Gasteiger partial charge on any atom is -0.507 e. The molecule has 1 unspecified atom stereocenters. The van der Waals surface area contributed by atoms with Gasteiger partial charge in [0.2, 0.25) is 0 Å². The van der Waals surface area contributed by atoms with Gasteiger partial charge in [-0.3, -0.25) is 0 Å². The van der Waals surface area contributed by atoms with Crippen LogP contribution in [0.3, 0.4) is 0 Å². The Labute approximate surface area is 124 Å². The van der Waals surface area contributed by atoms with Crippen LogP contribution in [-0.2, 0) is 0 Å². The third-order valence-corrected chi connectivity index (χ3v) is 3.25. The molecule has 2 aromatic carbocycles. The van der Waals surface area contributed by atoms with Crippen molar-refractivity contribution in [3.05, 3.63) is 58.7 Å². The van der Waals surface area contributed by atoms with Gasteiger partial charge in [-0.2, -0.15) is 0 Å². The highest BCUT2D eigenvalue weighted by molar-refractivity contribution is 5.45. The Morgan fingerprint density at radius 3 is 2.38 bits per heavy atom. The minimum atomic E-state index is -0.894. The van der Waals surface area contributed by atoms with Crippen molar-refractivity contribution in [3.63, 3.8) is 0 Å². The molecule has 0 amide bonds. The lowest BCUT2D eigenvalue weighted by atomic mass is 10.0. The Morgan fingerprint density at radius 1 is 1.10 bits per heavy atom. The average Bonchev–Trinajstić information content (AvgIpc) is 2.50. The molecule has 3 heteroatoms. The van der Waals surface area contributed by atoms with Gasteiger partial charge in [-0.15, -0.1) is 0 Å². The van der Waals surface area contributed by atoms with Crippen LogP contribution >= 0.6 is 0 Å². The van der Waals surface area contributed by atoms with E-state index in [2.05, 4.69) is 11.8 Å². The number of methoxy groups -OCH3 is 1. The molecule has 2 aromatic rings. The zero-order chi connectivity index (χ0) is 15.4. The van der Waals surface area contributed by atoms with Gasteiger partial charge in [-0.1, -0.05) is 17.9 Å². The molecule has 1 atom stereocenters. The number of phenols is 1. The van der Waals surface area contributed by atoms with E-state index in [-0.39, 0.29) is 5.75 Å². The Balaban J connectivity index is 2.26. The van der Waals surface area contributed by atoms with Gasteiger partial charge < -0.3 is 14.9 Å². The number of benzene rings is 2. The molecule has 0 saturated carbocycles. The predicted octanol–water partition coefficient (Wildman–Crippen LogP) is 3.10. The fourth-order valence-electron chi connectivity index (χ4n) is 2.08. The highest BCUT2D eigenvalue weighted by Crippen LogP contribution is 2.26. The number of aliphatic hydroxyl groups is 1. The molecule has 3 nitrogen and oxygen atoms in total. The number of aryl methyl sites for hydroxylation is 2. The van der Waals surface area contributed by atoms with E-state index in [4.69, 9.17) is 4.74 Å². The summed E-state index contributed by atoms with van der Waals surface area (Å²) >= 11 is 0. The number of rotatable bonds is 2. The smallest absolute Gasteiger partial charge is 0.140 e. The molecule has 0 heterocycles. The van der Waals surface area contributed by atoms with Crippen LogP contribution in [0.2, 0.25) is 0 Å². The van der Waals surface area contributed by atoms with Crippen LogP contribution in [0.15, 0.2) is 36.4 Å². The van der Waals surface area contributed by atoms with Crippen molar-refractivity contribution in [1.82, 2.24) is 0 Å². The van der Waals surface area contributed by atoms with Crippen molar-refractivity contribution in [2.45, 2.75) is 20.0 Å². The fraction of sp³-hybridized carbons (Fsp3) is 0.222. The summed E-state index contributed by atoms with van der Waals surface area (Å²) in [5, 5.41) is 19.9. The van der Waals surface area contributed by atoms with Gasteiger partial charge in [-0.25, -0.2) is 0 Å². The normalized spacial score (nSPS) is 11.4. The molecule has 2 rings (SSSR count). The maximum absolute atomic E-state index is 10.2. The van der Waals surface area contributed by atoms with Crippen molar-refractivity contribution in [1.29, 1.82) is 0 Å². The van der Waals surface area contributed by atoms with Crippen LogP contribution in [0.4, 0.5) is 0 Å². The molecule has 0 spiro atoms. The second-order valence-corrected chi connectivity index (χ2v) is 4.91. The Morgan fingerprint density at radius 2 is 1.76 bits per heavy atom. The van der Waals surface area contributed by atoms with E-state index in [1.165, 1.54) is 0 Å². The maximum Gasteiger partial charge on any atom is 0.140 e. The molecule has 0 aliphatic rings. The van der Waals surface area contributed by atoms with Gasteiger partial charge in [0.05, 0.1) is 7.11 Å². The lowest BCUT2D eigenvalue weighted by Gasteiger charge is -2.09. The van der Waals surface area contributed by atoms with Gasteiger partial charge in [-0.05, 0) is 60.9 Å². The number of hydrogen-bond donors (Lipinski definition) is 2. The molecule has 0 fully saturated rings. The van der Waals surface area contributed by atoms with Crippen LogP contribution in [0.25, 0.3) is 0 Å². The molecule has 0 aliphatic heterocycles. The predicted molar refractivity (Wildman–Crippen MR) is 82.4 cm³/mol. The second kappa shape index (κ2) is 6.34. The molecule has 0 saturated heterocycles. The molecule has 0 aliphatic carbocycles. The maximum atomic E-state index is 10.2. The zero-order valence-corrected chi connectivity index (χ0v) is 12.3. The molecular weight excluding hydrogens is 264 g/mol. The summed E-state index contributed by atoms with van der Waals surface area (Å²) in [5.41, 5.74) is 2.92. The van der Waals surface area contributed by atoms with Crippen molar-refractivity contribution >= 4 is 0 Å². The molecule has 2 N–H and O–H groups in total. The summed E-state index contributed by atoms with van der Waals surface area (Å²) in [6.45, 7) is 3.60. The first-order valence-corrected chi connectivity index (χ1v) is 6.65.